The molecule has 6 nitrogen and oxygen atoms in total. The van der Waals surface area contributed by atoms with Crippen LogP contribution in [0.4, 0.5) is 23.7 Å². The Labute approximate surface area is 183 Å². The van der Waals surface area contributed by atoms with E-state index in [4.69, 9.17) is 11.6 Å². The van der Waals surface area contributed by atoms with E-state index < -0.39 is 46.7 Å². The second-order valence-electron chi connectivity index (χ2n) is 9.28. The maximum Gasteiger partial charge on any atom is 0.417 e. The Hall–Kier alpha value is -2.29. The molecule has 4 amide bonds. The van der Waals surface area contributed by atoms with E-state index in [1.807, 2.05) is 0 Å². The molecule has 1 saturated heterocycles. The molecule has 1 spiro atoms. The topological polar surface area (TPSA) is 78.5 Å². The van der Waals surface area contributed by atoms with Crippen LogP contribution in [0.15, 0.2) is 18.2 Å². The van der Waals surface area contributed by atoms with E-state index in [1.54, 1.807) is 0 Å². The lowest BCUT2D eigenvalue weighted by atomic mass is 9.67. The molecule has 1 aliphatic heterocycles. The third-order valence-corrected chi connectivity index (χ3v) is 6.50. The molecule has 0 bridgehead atoms. The van der Waals surface area contributed by atoms with Gasteiger partial charge in [0.1, 0.15) is 12.1 Å². The molecule has 1 aliphatic carbocycles. The van der Waals surface area contributed by atoms with Gasteiger partial charge in [-0.25, -0.2) is 4.79 Å². The summed E-state index contributed by atoms with van der Waals surface area (Å²) in [5, 5.41) is 4.54. The summed E-state index contributed by atoms with van der Waals surface area (Å²) >= 11 is 5.58. The molecule has 10 heteroatoms. The Morgan fingerprint density at radius 1 is 1.23 bits per heavy atom. The van der Waals surface area contributed by atoms with Crippen LogP contribution in [0.25, 0.3) is 0 Å². The van der Waals surface area contributed by atoms with E-state index in [2.05, 4.69) is 31.4 Å². The first kappa shape index (κ1) is 23.4. The Balaban J connectivity index is 1.66. The highest BCUT2D eigenvalue weighted by molar-refractivity contribution is 6.31. The highest BCUT2D eigenvalue weighted by atomic mass is 35.5. The molecule has 1 aromatic carbocycles. The minimum atomic E-state index is -4.68. The van der Waals surface area contributed by atoms with Crippen molar-refractivity contribution in [3.05, 3.63) is 28.8 Å². The summed E-state index contributed by atoms with van der Waals surface area (Å²) < 4.78 is 39.0. The first-order chi connectivity index (χ1) is 14.2. The number of imide groups is 1. The molecule has 2 fully saturated rings. The predicted octanol–water partition coefficient (Wildman–Crippen LogP) is 4.82. The molecule has 2 N–H and O–H groups in total. The van der Waals surface area contributed by atoms with Crippen molar-refractivity contribution in [1.29, 1.82) is 0 Å². The molecule has 1 aromatic rings. The summed E-state index contributed by atoms with van der Waals surface area (Å²) in [4.78, 5) is 38.6. The fourth-order valence-corrected chi connectivity index (χ4v) is 4.52. The van der Waals surface area contributed by atoms with E-state index in [-0.39, 0.29) is 11.1 Å². The number of anilines is 1. The molecular weight excluding hydrogens is 435 g/mol. The average Bonchev–Trinajstić information content (AvgIpc) is 2.86. The largest absolute Gasteiger partial charge is 0.417 e. The van der Waals surface area contributed by atoms with E-state index in [9.17, 15) is 27.6 Å². The normalized spacial score (nSPS) is 24.5. The maximum absolute atomic E-state index is 13.0. The van der Waals surface area contributed by atoms with Gasteiger partial charge in [-0.05, 0) is 55.2 Å². The van der Waals surface area contributed by atoms with Crippen molar-refractivity contribution in [3.8, 4) is 0 Å². The number of urea groups is 1. The lowest BCUT2D eigenvalue weighted by molar-refractivity contribution is -0.137. The van der Waals surface area contributed by atoms with Crippen molar-refractivity contribution < 1.29 is 27.6 Å². The van der Waals surface area contributed by atoms with E-state index in [0.29, 0.717) is 24.8 Å². The van der Waals surface area contributed by atoms with Crippen LogP contribution in [-0.2, 0) is 15.8 Å². The van der Waals surface area contributed by atoms with Crippen LogP contribution in [0.1, 0.15) is 52.0 Å². The molecule has 31 heavy (non-hydrogen) atoms. The van der Waals surface area contributed by atoms with Gasteiger partial charge >= 0.3 is 12.2 Å². The molecule has 1 saturated carbocycles. The first-order valence-electron chi connectivity index (χ1n) is 10.0. The lowest BCUT2D eigenvalue weighted by Gasteiger charge is -2.40. The van der Waals surface area contributed by atoms with Gasteiger partial charge in [0.15, 0.2) is 0 Å². The minimum Gasteiger partial charge on any atom is -0.325 e. The second kappa shape index (κ2) is 8.00. The van der Waals surface area contributed by atoms with Gasteiger partial charge in [-0.3, -0.25) is 14.5 Å². The molecule has 0 unspecified atom stereocenters. The van der Waals surface area contributed by atoms with Gasteiger partial charge in [0.2, 0.25) is 5.91 Å². The molecule has 2 aliphatic rings. The zero-order chi connectivity index (χ0) is 23.2. The smallest absolute Gasteiger partial charge is 0.325 e. The van der Waals surface area contributed by atoms with Gasteiger partial charge in [-0.2, -0.15) is 13.2 Å². The summed E-state index contributed by atoms with van der Waals surface area (Å²) in [6.07, 6.45) is -2.14. The molecule has 0 radical (unpaired) electrons. The van der Waals surface area contributed by atoms with Crippen molar-refractivity contribution in [3.63, 3.8) is 0 Å². The summed E-state index contributed by atoms with van der Waals surface area (Å²) in [6.45, 7) is 5.84. The van der Waals surface area contributed by atoms with E-state index >= 15 is 0 Å². The quantitative estimate of drug-likeness (QED) is 0.636. The Bertz CT molecular complexity index is 903. The first-order valence-corrected chi connectivity index (χ1v) is 10.4. The third-order valence-electron chi connectivity index (χ3n) is 6.17. The summed E-state index contributed by atoms with van der Waals surface area (Å²) in [5.74, 6) is -0.820. The monoisotopic (exact) mass is 459 g/mol. The second-order valence-corrected chi connectivity index (χ2v) is 9.69. The van der Waals surface area contributed by atoms with Crippen molar-refractivity contribution in [1.82, 2.24) is 10.2 Å². The van der Waals surface area contributed by atoms with Gasteiger partial charge in [0, 0.05) is 5.69 Å². The molecule has 0 atom stereocenters. The highest BCUT2D eigenvalue weighted by Gasteiger charge is 2.53. The van der Waals surface area contributed by atoms with Crippen molar-refractivity contribution in [2.24, 2.45) is 11.3 Å². The Kier molecular flexibility index (Phi) is 6.03. The minimum absolute atomic E-state index is 0.0979. The van der Waals surface area contributed by atoms with Gasteiger partial charge in [-0.15, -0.1) is 0 Å². The summed E-state index contributed by atoms with van der Waals surface area (Å²) in [5.41, 5.74) is -2.13. The standard InChI is InChI=1S/C21H25ClF3N3O3/c1-19(2,3)12-6-8-20(9-7-12)17(30)28(18(31)27-20)11-16(29)26-13-4-5-15(22)14(10-13)21(23,24)25/h4-5,10,12H,6-9,11H2,1-3H3,(H,26,29)(H,27,31). The van der Waals surface area contributed by atoms with Crippen LogP contribution < -0.4 is 10.6 Å². The van der Waals surface area contributed by atoms with Crippen LogP contribution in [0.3, 0.4) is 0 Å². The van der Waals surface area contributed by atoms with Crippen molar-refractivity contribution in [2.75, 3.05) is 11.9 Å². The van der Waals surface area contributed by atoms with Crippen LogP contribution >= 0.6 is 11.6 Å². The maximum atomic E-state index is 13.0. The number of alkyl halides is 3. The molecule has 1 heterocycles. The Morgan fingerprint density at radius 2 is 1.84 bits per heavy atom. The number of hydrogen-bond donors (Lipinski definition) is 2. The zero-order valence-corrected chi connectivity index (χ0v) is 18.3. The number of nitrogens with zero attached hydrogens (tertiary/aromatic N) is 1. The number of rotatable bonds is 3. The SMILES string of the molecule is CC(C)(C)C1CCC2(CC1)NC(=O)N(CC(=O)Nc1ccc(Cl)c(C(F)(F)F)c1)C2=O. The molecule has 170 valence electrons. The molecule has 3 rings (SSSR count). The van der Waals surface area contributed by atoms with Gasteiger partial charge < -0.3 is 10.6 Å². The van der Waals surface area contributed by atoms with E-state index in [0.717, 1.165) is 23.8 Å². The van der Waals surface area contributed by atoms with Crippen LogP contribution in [-0.4, -0.2) is 34.8 Å². The number of carbonyl (C=O) groups is 3. The number of benzene rings is 1. The number of carbonyl (C=O) groups excluding carboxylic acids is 3. The molecule has 0 aromatic heterocycles. The number of amides is 4. The zero-order valence-electron chi connectivity index (χ0n) is 17.5. The third kappa shape index (κ3) is 4.81. The van der Waals surface area contributed by atoms with Crippen LogP contribution in [0.2, 0.25) is 5.02 Å². The lowest BCUT2D eigenvalue weighted by Crippen LogP contribution is -2.50. The van der Waals surface area contributed by atoms with E-state index in [1.165, 1.54) is 6.07 Å². The van der Waals surface area contributed by atoms with Crippen LogP contribution in [0.5, 0.6) is 0 Å². The highest BCUT2D eigenvalue weighted by Crippen LogP contribution is 2.43. The Morgan fingerprint density at radius 3 is 2.39 bits per heavy atom. The van der Waals surface area contributed by atoms with Crippen molar-refractivity contribution in [2.45, 2.75) is 58.2 Å². The number of nitrogens with one attached hydrogen (secondary N) is 2. The van der Waals surface area contributed by atoms with Crippen molar-refractivity contribution >= 4 is 35.1 Å². The van der Waals surface area contributed by atoms with Gasteiger partial charge in [0.25, 0.3) is 5.91 Å². The molecular formula is C21H25ClF3N3O3. The number of hydrogen-bond acceptors (Lipinski definition) is 3. The fourth-order valence-electron chi connectivity index (χ4n) is 4.30. The predicted molar refractivity (Wildman–Crippen MR) is 109 cm³/mol. The summed E-state index contributed by atoms with van der Waals surface area (Å²) in [7, 11) is 0. The fraction of sp³-hybridized carbons (Fsp3) is 0.571. The van der Waals surface area contributed by atoms with Gasteiger partial charge in [0.05, 0.1) is 10.6 Å². The number of halogens is 4. The summed E-state index contributed by atoms with van der Waals surface area (Å²) in [6, 6.07) is 2.29. The average molecular weight is 460 g/mol. The van der Waals surface area contributed by atoms with Gasteiger partial charge in [-0.1, -0.05) is 32.4 Å². The van der Waals surface area contributed by atoms with Crippen LogP contribution in [0, 0.1) is 11.3 Å².